The summed E-state index contributed by atoms with van der Waals surface area (Å²) in [4.78, 5) is 0. The summed E-state index contributed by atoms with van der Waals surface area (Å²) in [6.07, 6.45) is 4.19. The van der Waals surface area contributed by atoms with Crippen LogP contribution in [-0.4, -0.2) is 20.2 Å². The smallest absolute Gasteiger partial charge is 0.183 e. The highest BCUT2D eigenvalue weighted by atomic mass is 35.5. The van der Waals surface area contributed by atoms with Crippen molar-refractivity contribution < 1.29 is 0 Å². The molecule has 0 radical (unpaired) electrons. The van der Waals surface area contributed by atoms with Gasteiger partial charge in [-0.05, 0) is 65.5 Å². The van der Waals surface area contributed by atoms with Crippen molar-refractivity contribution in [3.63, 3.8) is 0 Å². The number of nitrogen functional groups attached to an aromatic ring is 1. The average Bonchev–Trinajstić information content (AvgIpc) is 2.90. The van der Waals surface area contributed by atoms with E-state index in [1.165, 1.54) is 19.3 Å². The zero-order valence-electron chi connectivity index (χ0n) is 11.5. The highest BCUT2D eigenvalue weighted by Gasteiger charge is 2.66. The first-order valence-corrected chi connectivity index (χ1v) is 7.95. The van der Waals surface area contributed by atoms with E-state index in [2.05, 4.69) is 15.5 Å². The SMILES string of the molecule is Nc1cccc(-c2nnnn2C2C3C4CCC(C4)C32)c1Cl. The molecule has 21 heavy (non-hydrogen) atoms. The third-order valence-corrected chi connectivity index (χ3v) is 6.16. The molecule has 3 saturated carbocycles. The van der Waals surface area contributed by atoms with E-state index >= 15 is 0 Å². The summed E-state index contributed by atoms with van der Waals surface area (Å²) >= 11 is 6.34. The van der Waals surface area contributed by atoms with Gasteiger partial charge in [-0.2, -0.15) is 0 Å². The lowest BCUT2D eigenvalue weighted by atomic mass is 10.0. The number of tetrazole rings is 1. The summed E-state index contributed by atoms with van der Waals surface area (Å²) in [5, 5.41) is 12.9. The van der Waals surface area contributed by atoms with E-state index in [1.54, 1.807) is 6.07 Å². The van der Waals surface area contributed by atoms with E-state index in [4.69, 9.17) is 17.3 Å². The fourth-order valence-corrected chi connectivity index (χ4v) is 5.11. The molecular formula is C15H16ClN5. The highest BCUT2D eigenvalue weighted by Crippen LogP contribution is 2.71. The molecule has 5 nitrogen and oxygen atoms in total. The zero-order valence-corrected chi connectivity index (χ0v) is 12.2. The number of hydrogen-bond donors (Lipinski definition) is 1. The summed E-state index contributed by atoms with van der Waals surface area (Å²) in [6, 6.07) is 6.10. The molecule has 3 fully saturated rings. The van der Waals surface area contributed by atoms with Crippen LogP contribution in [0.3, 0.4) is 0 Å². The van der Waals surface area contributed by atoms with Gasteiger partial charge in [0.1, 0.15) is 0 Å². The van der Waals surface area contributed by atoms with Crippen molar-refractivity contribution in [2.75, 3.05) is 5.73 Å². The molecule has 5 rings (SSSR count). The molecule has 1 heterocycles. The van der Waals surface area contributed by atoms with Crippen LogP contribution in [0.2, 0.25) is 5.02 Å². The second-order valence-electron chi connectivity index (χ2n) is 6.63. The Morgan fingerprint density at radius 3 is 2.71 bits per heavy atom. The number of benzene rings is 1. The Morgan fingerprint density at radius 2 is 1.95 bits per heavy atom. The Hall–Kier alpha value is -1.62. The molecule has 0 aliphatic heterocycles. The van der Waals surface area contributed by atoms with E-state index in [0.717, 1.165) is 35.1 Å². The third-order valence-electron chi connectivity index (χ3n) is 5.74. The van der Waals surface area contributed by atoms with Crippen LogP contribution in [0, 0.1) is 23.7 Å². The molecule has 4 unspecified atom stereocenters. The second kappa shape index (κ2) is 3.97. The first kappa shape index (κ1) is 12.0. The quantitative estimate of drug-likeness (QED) is 0.866. The number of rotatable bonds is 2. The van der Waals surface area contributed by atoms with Crippen molar-refractivity contribution in [2.24, 2.45) is 23.7 Å². The summed E-state index contributed by atoms with van der Waals surface area (Å²) in [7, 11) is 0. The molecule has 3 aliphatic carbocycles. The van der Waals surface area contributed by atoms with Crippen molar-refractivity contribution in [1.29, 1.82) is 0 Å². The van der Waals surface area contributed by atoms with Crippen LogP contribution in [0.1, 0.15) is 25.3 Å². The van der Waals surface area contributed by atoms with Gasteiger partial charge in [-0.15, -0.1) is 5.10 Å². The fourth-order valence-electron chi connectivity index (χ4n) is 4.90. The lowest BCUT2D eigenvalue weighted by molar-refractivity contribution is 0.427. The summed E-state index contributed by atoms with van der Waals surface area (Å²) in [5.74, 6) is 4.10. The number of fused-ring (bicyclic) bond motifs is 5. The largest absolute Gasteiger partial charge is 0.398 e. The summed E-state index contributed by atoms with van der Waals surface area (Å²) in [5.41, 5.74) is 7.31. The first-order valence-electron chi connectivity index (χ1n) is 7.58. The van der Waals surface area contributed by atoms with E-state index in [9.17, 15) is 0 Å². The van der Waals surface area contributed by atoms with Crippen LogP contribution in [0.4, 0.5) is 5.69 Å². The van der Waals surface area contributed by atoms with Gasteiger partial charge in [0.15, 0.2) is 5.82 Å². The maximum atomic E-state index is 6.34. The van der Waals surface area contributed by atoms with Gasteiger partial charge in [0.25, 0.3) is 0 Å². The molecule has 2 aromatic rings. The standard InChI is InChI=1S/C15H16ClN5/c16-13-9(2-1-3-10(13)17)15-18-19-20-21(15)14-11-7-4-5-8(6-7)12(11)14/h1-3,7-8,11-12,14H,4-6,17H2. The Bertz CT molecular complexity index is 711. The molecule has 2 bridgehead atoms. The van der Waals surface area contributed by atoms with Crippen molar-refractivity contribution >= 4 is 17.3 Å². The van der Waals surface area contributed by atoms with Gasteiger partial charge in [0.05, 0.1) is 16.8 Å². The second-order valence-corrected chi connectivity index (χ2v) is 7.01. The minimum absolute atomic E-state index is 0.471. The maximum absolute atomic E-state index is 6.34. The lowest BCUT2D eigenvalue weighted by Crippen LogP contribution is -2.08. The van der Waals surface area contributed by atoms with Crippen molar-refractivity contribution in [2.45, 2.75) is 25.3 Å². The predicted molar refractivity (Wildman–Crippen MR) is 79.5 cm³/mol. The number of aromatic nitrogens is 4. The highest BCUT2D eigenvalue weighted by molar-refractivity contribution is 6.35. The molecule has 4 atom stereocenters. The topological polar surface area (TPSA) is 69.6 Å². The monoisotopic (exact) mass is 301 g/mol. The van der Waals surface area contributed by atoms with Gasteiger partial charge in [0, 0.05) is 5.56 Å². The molecule has 2 N–H and O–H groups in total. The van der Waals surface area contributed by atoms with Crippen LogP contribution in [0.25, 0.3) is 11.4 Å². The van der Waals surface area contributed by atoms with Gasteiger partial charge < -0.3 is 5.73 Å². The van der Waals surface area contributed by atoms with Crippen LogP contribution < -0.4 is 5.73 Å². The van der Waals surface area contributed by atoms with E-state index < -0.39 is 0 Å². The molecule has 0 saturated heterocycles. The van der Waals surface area contributed by atoms with Crippen LogP contribution in [0.15, 0.2) is 18.2 Å². The van der Waals surface area contributed by atoms with Gasteiger partial charge in [-0.25, -0.2) is 4.68 Å². The number of nitrogens with zero attached hydrogens (tertiary/aromatic N) is 4. The maximum Gasteiger partial charge on any atom is 0.183 e. The number of nitrogens with two attached hydrogens (primary N) is 1. The third kappa shape index (κ3) is 1.50. The van der Waals surface area contributed by atoms with Gasteiger partial charge in [0.2, 0.25) is 0 Å². The molecule has 0 spiro atoms. The first-order chi connectivity index (χ1) is 10.3. The predicted octanol–water partition coefficient (Wildman–Crippen LogP) is 2.79. The van der Waals surface area contributed by atoms with E-state index in [1.807, 2.05) is 16.8 Å². The van der Waals surface area contributed by atoms with Gasteiger partial charge in [-0.3, -0.25) is 0 Å². The van der Waals surface area contributed by atoms with Crippen molar-refractivity contribution in [3.8, 4) is 11.4 Å². The minimum atomic E-state index is 0.471. The Labute approximate surface area is 127 Å². The van der Waals surface area contributed by atoms with Gasteiger partial charge >= 0.3 is 0 Å². The van der Waals surface area contributed by atoms with Crippen molar-refractivity contribution in [1.82, 2.24) is 20.2 Å². The molecule has 0 amide bonds. The average molecular weight is 302 g/mol. The number of anilines is 1. The fraction of sp³-hybridized carbons (Fsp3) is 0.533. The van der Waals surface area contributed by atoms with E-state index in [0.29, 0.717) is 16.8 Å². The molecule has 1 aromatic carbocycles. The number of halogens is 1. The van der Waals surface area contributed by atoms with Crippen molar-refractivity contribution in [3.05, 3.63) is 23.2 Å². The normalized spacial score (nSPS) is 36.0. The summed E-state index contributed by atoms with van der Waals surface area (Å²) in [6.45, 7) is 0. The Balaban J connectivity index is 1.56. The lowest BCUT2D eigenvalue weighted by Gasteiger charge is -2.11. The number of hydrogen-bond acceptors (Lipinski definition) is 4. The minimum Gasteiger partial charge on any atom is -0.398 e. The molecule has 1 aromatic heterocycles. The van der Waals surface area contributed by atoms with Crippen LogP contribution >= 0.6 is 11.6 Å². The van der Waals surface area contributed by atoms with E-state index in [-0.39, 0.29) is 0 Å². The molecule has 6 heteroatoms. The molecule has 108 valence electrons. The van der Waals surface area contributed by atoms with Crippen LogP contribution in [-0.2, 0) is 0 Å². The van der Waals surface area contributed by atoms with Crippen LogP contribution in [0.5, 0.6) is 0 Å². The molecule has 3 aliphatic rings. The Kier molecular flexibility index (Phi) is 2.27. The van der Waals surface area contributed by atoms with Gasteiger partial charge in [-0.1, -0.05) is 17.7 Å². The molecular weight excluding hydrogens is 286 g/mol. The Morgan fingerprint density at radius 1 is 1.19 bits per heavy atom. The summed E-state index contributed by atoms with van der Waals surface area (Å²) < 4.78 is 2.00. The zero-order chi connectivity index (χ0) is 14.1.